The molecule has 0 saturated heterocycles. The number of hydrogen-bond donors (Lipinski definition) is 2. The molecule has 3 heterocycles. The SMILES string of the molecule is O=C(CSc1nnc2c(n1)[nH]c1ccccc12)Nc1nc2ccccc2s1. The summed E-state index contributed by atoms with van der Waals surface area (Å²) < 4.78 is 1.04. The van der Waals surface area contributed by atoms with Crippen molar-refractivity contribution >= 4 is 66.4 Å². The Balaban J connectivity index is 1.30. The number of rotatable bonds is 4. The molecule has 5 rings (SSSR count). The summed E-state index contributed by atoms with van der Waals surface area (Å²) in [6.45, 7) is 0. The molecule has 0 spiro atoms. The van der Waals surface area contributed by atoms with Gasteiger partial charge in [0.25, 0.3) is 0 Å². The molecule has 3 aromatic heterocycles. The number of amides is 1. The highest BCUT2D eigenvalue weighted by atomic mass is 32.2. The molecule has 2 N–H and O–H groups in total. The molecule has 2 aromatic carbocycles. The van der Waals surface area contributed by atoms with Crippen LogP contribution in [0.15, 0.2) is 53.7 Å². The predicted octanol–water partition coefficient (Wildman–Crippen LogP) is 3.85. The van der Waals surface area contributed by atoms with E-state index in [1.165, 1.54) is 23.1 Å². The third-order valence-electron chi connectivity index (χ3n) is 3.98. The molecule has 0 unspecified atom stereocenters. The monoisotopic (exact) mass is 392 g/mol. The number of hydrogen-bond acceptors (Lipinski definition) is 7. The van der Waals surface area contributed by atoms with Gasteiger partial charge in [-0.2, -0.15) is 0 Å². The number of nitrogens with one attached hydrogen (secondary N) is 2. The summed E-state index contributed by atoms with van der Waals surface area (Å²) in [6.07, 6.45) is 0. The number of fused-ring (bicyclic) bond motifs is 4. The molecule has 9 heteroatoms. The number of H-pyrrole nitrogens is 1. The standard InChI is InChI=1S/C18H12N6OS2/c25-14(21-17-20-12-7-3-4-8-13(12)27-17)9-26-18-22-16-15(23-24-18)10-5-1-2-6-11(10)19-16/h1-8H,9H2,(H,19,22,24)(H,20,21,25). The lowest BCUT2D eigenvalue weighted by Crippen LogP contribution is -2.14. The van der Waals surface area contributed by atoms with E-state index in [-0.39, 0.29) is 11.7 Å². The lowest BCUT2D eigenvalue weighted by atomic mass is 10.2. The predicted molar refractivity (Wildman–Crippen MR) is 108 cm³/mol. The van der Waals surface area contributed by atoms with E-state index in [4.69, 9.17) is 0 Å². The normalized spacial score (nSPS) is 11.4. The van der Waals surface area contributed by atoms with Gasteiger partial charge >= 0.3 is 0 Å². The number of nitrogens with zero attached hydrogens (tertiary/aromatic N) is 4. The van der Waals surface area contributed by atoms with Crippen LogP contribution in [0.1, 0.15) is 0 Å². The van der Waals surface area contributed by atoms with Crippen molar-refractivity contribution in [2.45, 2.75) is 5.16 Å². The van der Waals surface area contributed by atoms with Crippen LogP contribution in [0.3, 0.4) is 0 Å². The Labute approximate surface area is 161 Å². The quantitative estimate of drug-likeness (QED) is 0.451. The maximum atomic E-state index is 12.2. The van der Waals surface area contributed by atoms with E-state index in [1.807, 2.05) is 48.5 Å². The molecular formula is C18H12N6OS2. The van der Waals surface area contributed by atoms with Crippen LogP contribution in [0.4, 0.5) is 5.13 Å². The molecule has 0 aliphatic heterocycles. The van der Waals surface area contributed by atoms with Crippen molar-refractivity contribution in [1.29, 1.82) is 0 Å². The van der Waals surface area contributed by atoms with Gasteiger partial charge < -0.3 is 10.3 Å². The summed E-state index contributed by atoms with van der Waals surface area (Å²) in [6, 6.07) is 15.6. The van der Waals surface area contributed by atoms with Crippen molar-refractivity contribution in [3.63, 3.8) is 0 Å². The van der Waals surface area contributed by atoms with Crippen LogP contribution in [0.2, 0.25) is 0 Å². The molecule has 5 aromatic rings. The van der Waals surface area contributed by atoms with Gasteiger partial charge in [0.05, 0.1) is 16.0 Å². The maximum absolute atomic E-state index is 12.2. The number of anilines is 1. The second kappa shape index (κ2) is 6.60. The largest absolute Gasteiger partial charge is 0.338 e. The van der Waals surface area contributed by atoms with Gasteiger partial charge in [0, 0.05) is 10.9 Å². The molecule has 0 aliphatic rings. The van der Waals surface area contributed by atoms with Gasteiger partial charge in [-0.05, 0) is 18.2 Å². The van der Waals surface area contributed by atoms with Crippen LogP contribution in [0.5, 0.6) is 0 Å². The zero-order valence-electron chi connectivity index (χ0n) is 13.8. The topological polar surface area (TPSA) is 96.5 Å². The second-order valence-corrected chi connectivity index (χ2v) is 7.76. The molecule has 132 valence electrons. The Hall–Kier alpha value is -3.04. The van der Waals surface area contributed by atoms with E-state index in [0.717, 1.165) is 26.6 Å². The van der Waals surface area contributed by atoms with Crippen molar-refractivity contribution in [1.82, 2.24) is 25.1 Å². The van der Waals surface area contributed by atoms with E-state index < -0.39 is 0 Å². The van der Waals surface area contributed by atoms with E-state index in [1.54, 1.807) is 0 Å². The molecular weight excluding hydrogens is 380 g/mol. The maximum Gasteiger partial charge on any atom is 0.236 e. The number of carbonyl (C=O) groups excluding carboxylic acids is 1. The number of benzene rings is 2. The molecule has 0 atom stereocenters. The Morgan fingerprint density at radius 1 is 1.07 bits per heavy atom. The molecule has 1 amide bonds. The third-order valence-corrected chi connectivity index (χ3v) is 5.76. The van der Waals surface area contributed by atoms with Crippen LogP contribution >= 0.6 is 23.1 Å². The van der Waals surface area contributed by atoms with Crippen molar-refractivity contribution in [3.05, 3.63) is 48.5 Å². The number of aromatic amines is 1. The molecule has 7 nitrogen and oxygen atoms in total. The first-order valence-electron chi connectivity index (χ1n) is 8.16. The first-order valence-corrected chi connectivity index (χ1v) is 9.96. The van der Waals surface area contributed by atoms with E-state index in [2.05, 4.69) is 30.5 Å². The van der Waals surface area contributed by atoms with E-state index in [9.17, 15) is 4.79 Å². The van der Waals surface area contributed by atoms with Crippen LogP contribution in [-0.4, -0.2) is 36.8 Å². The van der Waals surface area contributed by atoms with Gasteiger partial charge in [-0.15, -0.1) is 10.2 Å². The number of para-hydroxylation sites is 2. The summed E-state index contributed by atoms with van der Waals surface area (Å²) in [4.78, 5) is 24.3. The Bertz CT molecular complexity index is 1260. The minimum absolute atomic E-state index is 0.153. The smallest absolute Gasteiger partial charge is 0.236 e. The lowest BCUT2D eigenvalue weighted by molar-refractivity contribution is -0.113. The first-order chi connectivity index (χ1) is 13.3. The van der Waals surface area contributed by atoms with Gasteiger partial charge in [-0.3, -0.25) is 4.79 Å². The van der Waals surface area contributed by atoms with Crippen molar-refractivity contribution < 1.29 is 4.79 Å². The molecule has 27 heavy (non-hydrogen) atoms. The highest BCUT2D eigenvalue weighted by Crippen LogP contribution is 2.26. The first kappa shape index (κ1) is 16.2. The zero-order valence-corrected chi connectivity index (χ0v) is 15.5. The van der Waals surface area contributed by atoms with E-state index >= 15 is 0 Å². The second-order valence-electron chi connectivity index (χ2n) is 5.79. The Morgan fingerprint density at radius 2 is 1.93 bits per heavy atom. The van der Waals surface area contributed by atoms with Crippen LogP contribution < -0.4 is 5.32 Å². The van der Waals surface area contributed by atoms with Crippen molar-refractivity contribution in [2.75, 3.05) is 11.1 Å². The molecule has 0 saturated carbocycles. The lowest BCUT2D eigenvalue weighted by Gasteiger charge is -2.00. The fourth-order valence-corrected chi connectivity index (χ4v) is 4.25. The summed E-state index contributed by atoms with van der Waals surface area (Å²) >= 11 is 2.69. The summed E-state index contributed by atoms with van der Waals surface area (Å²) in [7, 11) is 0. The minimum atomic E-state index is -0.153. The number of thioether (sulfide) groups is 1. The molecule has 0 bridgehead atoms. The van der Waals surface area contributed by atoms with Gasteiger partial charge in [0.1, 0.15) is 5.52 Å². The zero-order chi connectivity index (χ0) is 18.2. The van der Waals surface area contributed by atoms with Crippen molar-refractivity contribution in [3.8, 4) is 0 Å². The molecule has 0 aliphatic carbocycles. The van der Waals surface area contributed by atoms with Crippen LogP contribution in [0.25, 0.3) is 32.3 Å². The average molecular weight is 392 g/mol. The average Bonchev–Trinajstić information content (AvgIpc) is 3.26. The molecule has 0 fully saturated rings. The van der Waals surface area contributed by atoms with Crippen LogP contribution in [0, 0.1) is 0 Å². The minimum Gasteiger partial charge on any atom is -0.338 e. The Kier molecular flexibility index (Phi) is 3.95. The molecule has 0 radical (unpaired) electrons. The fourth-order valence-electron chi connectivity index (χ4n) is 2.78. The van der Waals surface area contributed by atoms with Gasteiger partial charge in [0.2, 0.25) is 11.1 Å². The highest BCUT2D eigenvalue weighted by Gasteiger charge is 2.12. The van der Waals surface area contributed by atoms with Crippen LogP contribution in [-0.2, 0) is 4.79 Å². The fraction of sp³-hybridized carbons (Fsp3) is 0.0556. The van der Waals surface area contributed by atoms with Gasteiger partial charge in [-0.1, -0.05) is 53.4 Å². The Morgan fingerprint density at radius 3 is 2.85 bits per heavy atom. The number of thiazole rings is 1. The highest BCUT2D eigenvalue weighted by molar-refractivity contribution is 7.99. The summed E-state index contributed by atoms with van der Waals surface area (Å²) in [5.74, 6) is 0.0305. The number of aromatic nitrogens is 5. The summed E-state index contributed by atoms with van der Waals surface area (Å²) in [5, 5.41) is 13.2. The third kappa shape index (κ3) is 3.11. The van der Waals surface area contributed by atoms with Crippen molar-refractivity contribution in [2.24, 2.45) is 0 Å². The van der Waals surface area contributed by atoms with Gasteiger partial charge in [-0.25, -0.2) is 9.97 Å². The number of carbonyl (C=O) groups is 1. The summed E-state index contributed by atoms with van der Waals surface area (Å²) in [5.41, 5.74) is 3.24. The van der Waals surface area contributed by atoms with E-state index in [0.29, 0.717) is 15.9 Å². The van der Waals surface area contributed by atoms with Gasteiger partial charge in [0.15, 0.2) is 10.8 Å².